The second-order valence-corrected chi connectivity index (χ2v) is 8.02. The first-order valence-corrected chi connectivity index (χ1v) is 8.85. The molecular formula is C16H27N3S. The lowest BCUT2D eigenvalue weighted by molar-refractivity contribution is 0.167. The minimum atomic E-state index is 0.646. The highest BCUT2D eigenvalue weighted by Crippen LogP contribution is 2.39. The summed E-state index contributed by atoms with van der Waals surface area (Å²) in [5.74, 6) is 0. The molecule has 3 nitrogen and oxygen atoms in total. The summed E-state index contributed by atoms with van der Waals surface area (Å²) in [6, 6.07) is 0. The van der Waals surface area contributed by atoms with Crippen molar-refractivity contribution in [2.45, 2.75) is 52.5 Å². The summed E-state index contributed by atoms with van der Waals surface area (Å²) >= 11 is 1.84. The quantitative estimate of drug-likeness (QED) is 0.908. The Morgan fingerprint density at radius 3 is 2.65 bits per heavy atom. The van der Waals surface area contributed by atoms with Crippen LogP contribution in [0.1, 0.15) is 47.7 Å². The van der Waals surface area contributed by atoms with Crippen molar-refractivity contribution in [3.63, 3.8) is 0 Å². The Labute approximate surface area is 126 Å². The molecule has 0 radical (unpaired) electrons. The highest BCUT2D eigenvalue weighted by atomic mass is 32.1. The van der Waals surface area contributed by atoms with Crippen LogP contribution < -0.4 is 5.32 Å². The molecule has 0 amide bonds. The van der Waals surface area contributed by atoms with Gasteiger partial charge in [-0.15, -0.1) is 11.3 Å². The van der Waals surface area contributed by atoms with Crippen molar-refractivity contribution in [1.29, 1.82) is 0 Å². The highest BCUT2D eigenvalue weighted by molar-refractivity contribution is 7.11. The summed E-state index contributed by atoms with van der Waals surface area (Å²) in [7, 11) is 0. The van der Waals surface area contributed by atoms with E-state index in [0.717, 1.165) is 6.54 Å². The van der Waals surface area contributed by atoms with E-state index in [2.05, 4.69) is 24.1 Å². The van der Waals surface area contributed by atoms with E-state index in [4.69, 9.17) is 4.98 Å². The molecule has 1 spiro atoms. The van der Waals surface area contributed by atoms with Crippen molar-refractivity contribution >= 4 is 11.3 Å². The summed E-state index contributed by atoms with van der Waals surface area (Å²) in [6.07, 6.45) is 6.95. The second-order valence-electron chi connectivity index (χ2n) is 6.62. The van der Waals surface area contributed by atoms with Gasteiger partial charge in [-0.05, 0) is 77.5 Å². The normalized spacial score (nSPS) is 23.9. The van der Waals surface area contributed by atoms with E-state index in [1.807, 2.05) is 11.3 Å². The van der Waals surface area contributed by atoms with E-state index < -0.39 is 0 Å². The molecule has 0 aromatic carbocycles. The largest absolute Gasteiger partial charge is 0.317 e. The third-order valence-electron chi connectivity index (χ3n) is 5.18. The maximum Gasteiger partial charge on any atom is 0.0900 e. The molecule has 1 aromatic rings. The van der Waals surface area contributed by atoms with Gasteiger partial charge < -0.3 is 5.32 Å². The molecule has 0 saturated carbocycles. The smallest absolute Gasteiger partial charge is 0.0900 e. The zero-order chi connectivity index (χ0) is 14.0. The lowest BCUT2D eigenvalue weighted by Crippen LogP contribution is -2.37. The van der Waals surface area contributed by atoms with Gasteiger partial charge >= 0.3 is 0 Å². The van der Waals surface area contributed by atoms with E-state index in [0.29, 0.717) is 5.41 Å². The number of aryl methyl sites for hydroxylation is 2. The van der Waals surface area contributed by atoms with Crippen LogP contribution in [0.4, 0.5) is 0 Å². The molecule has 112 valence electrons. The molecule has 1 aromatic heterocycles. The van der Waals surface area contributed by atoms with Gasteiger partial charge in [-0.3, -0.25) is 4.90 Å². The number of piperidine rings is 1. The van der Waals surface area contributed by atoms with Crippen molar-refractivity contribution in [3.05, 3.63) is 15.6 Å². The second kappa shape index (κ2) is 6.12. The number of likely N-dealkylation sites (tertiary alicyclic amines) is 1. The summed E-state index contributed by atoms with van der Waals surface area (Å²) in [4.78, 5) is 8.75. The van der Waals surface area contributed by atoms with Gasteiger partial charge in [-0.1, -0.05) is 0 Å². The SMILES string of the molecule is Cc1nc(CN2CCCC3(CCNCC3)CC2)c(C)s1. The molecule has 0 atom stereocenters. The maximum atomic E-state index is 4.71. The van der Waals surface area contributed by atoms with Gasteiger partial charge in [0.1, 0.15) is 0 Å². The summed E-state index contributed by atoms with van der Waals surface area (Å²) < 4.78 is 0. The number of rotatable bonds is 2. The maximum absolute atomic E-state index is 4.71. The van der Waals surface area contributed by atoms with Gasteiger partial charge in [-0.25, -0.2) is 4.98 Å². The van der Waals surface area contributed by atoms with Crippen molar-refractivity contribution < 1.29 is 0 Å². The van der Waals surface area contributed by atoms with Crippen LogP contribution in [0.2, 0.25) is 0 Å². The van der Waals surface area contributed by atoms with Crippen LogP contribution in [0.25, 0.3) is 0 Å². The Morgan fingerprint density at radius 1 is 1.15 bits per heavy atom. The Balaban J connectivity index is 1.61. The van der Waals surface area contributed by atoms with E-state index >= 15 is 0 Å². The third-order valence-corrected chi connectivity index (χ3v) is 6.11. The Bertz CT molecular complexity index is 449. The molecular weight excluding hydrogens is 266 g/mol. The van der Waals surface area contributed by atoms with Crippen LogP contribution in [-0.4, -0.2) is 36.1 Å². The van der Waals surface area contributed by atoms with E-state index in [1.165, 1.54) is 73.9 Å². The molecule has 2 fully saturated rings. The summed E-state index contributed by atoms with van der Waals surface area (Å²) in [6.45, 7) is 10.4. The molecule has 0 bridgehead atoms. The molecule has 2 aliphatic heterocycles. The van der Waals surface area contributed by atoms with Crippen LogP contribution in [0.3, 0.4) is 0 Å². The van der Waals surface area contributed by atoms with E-state index in [-0.39, 0.29) is 0 Å². The highest BCUT2D eigenvalue weighted by Gasteiger charge is 2.33. The minimum Gasteiger partial charge on any atom is -0.317 e. The van der Waals surface area contributed by atoms with Gasteiger partial charge in [0.25, 0.3) is 0 Å². The fourth-order valence-corrected chi connectivity index (χ4v) is 4.68. The van der Waals surface area contributed by atoms with E-state index in [1.54, 1.807) is 0 Å². The van der Waals surface area contributed by atoms with Crippen LogP contribution in [0, 0.1) is 19.3 Å². The zero-order valence-corrected chi connectivity index (χ0v) is 13.7. The summed E-state index contributed by atoms with van der Waals surface area (Å²) in [5.41, 5.74) is 1.96. The van der Waals surface area contributed by atoms with Crippen molar-refractivity contribution in [2.24, 2.45) is 5.41 Å². The topological polar surface area (TPSA) is 28.2 Å². The predicted octanol–water partition coefficient (Wildman–Crippen LogP) is 3.12. The van der Waals surface area contributed by atoms with E-state index in [9.17, 15) is 0 Å². The summed E-state index contributed by atoms with van der Waals surface area (Å²) in [5, 5.41) is 4.73. The Hall–Kier alpha value is -0.450. The lowest BCUT2D eigenvalue weighted by Gasteiger charge is -2.37. The molecule has 0 aliphatic carbocycles. The monoisotopic (exact) mass is 293 g/mol. The van der Waals surface area contributed by atoms with Gasteiger partial charge in [0, 0.05) is 11.4 Å². The average molecular weight is 293 g/mol. The molecule has 2 aliphatic rings. The van der Waals surface area contributed by atoms with Crippen LogP contribution in [0.5, 0.6) is 0 Å². The van der Waals surface area contributed by atoms with Crippen molar-refractivity contribution in [3.8, 4) is 0 Å². The molecule has 2 saturated heterocycles. The number of aromatic nitrogens is 1. The minimum absolute atomic E-state index is 0.646. The lowest BCUT2D eigenvalue weighted by atomic mass is 9.73. The molecule has 3 rings (SSSR count). The van der Waals surface area contributed by atoms with Gasteiger partial charge in [0.05, 0.1) is 10.7 Å². The first-order valence-electron chi connectivity index (χ1n) is 8.03. The number of nitrogens with zero attached hydrogens (tertiary/aromatic N) is 2. The number of hydrogen-bond donors (Lipinski definition) is 1. The third kappa shape index (κ3) is 3.23. The van der Waals surface area contributed by atoms with Gasteiger partial charge in [0.15, 0.2) is 0 Å². The predicted molar refractivity (Wildman–Crippen MR) is 85.3 cm³/mol. The fourth-order valence-electron chi connectivity index (χ4n) is 3.86. The van der Waals surface area contributed by atoms with Gasteiger partial charge in [-0.2, -0.15) is 0 Å². The molecule has 1 N–H and O–H groups in total. The molecule has 3 heterocycles. The average Bonchev–Trinajstić information content (AvgIpc) is 2.63. The van der Waals surface area contributed by atoms with Crippen molar-refractivity contribution in [2.75, 3.05) is 26.2 Å². The fraction of sp³-hybridized carbons (Fsp3) is 0.812. The molecule has 20 heavy (non-hydrogen) atoms. The zero-order valence-electron chi connectivity index (χ0n) is 12.9. The first-order chi connectivity index (χ1) is 9.67. The van der Waals surface area contributed by atoms with Crippen LogP contribution in [-0.2, 0) is 6.54 Å². The first kappa shape index (κ1) is 14.5. The number of hydrogen-bond acceptors (Lipinski definition) is 4. The van der Waals surface area contributed by atoms with Crippen LogP contribution >= 0.6 is 11.3 Å². The molecule has 4 heteroatoms. The standard InChI is InChI=1S/C16H27N3S/c1-13-15(18-14(2)20-13)12-19-10-3-4-16(7-11-19)5-8-17-9-6-16/h17H,3-12H2,1-2H3. The molecule has 0 unspecified atom stereocenters. The number of nitrogens with one attached hydrogen (secondary N) is 1. The van der Waals surface area contributed by atoms with Crippen LogP contribution in [0.15, 0.2) is 0 Å². The van der Waals surface area contributed by atoms with Gasteiger partial charge in [0.2, 0.25) is 0 Å². The number of thiazole rings is 1. The Morgan fingerprint density at radius 2 is 1.95 bits per heavy atom. The van der Waals surface area contributed by atoms with Crippen molar-refractivity contribution in [1.82, 2.24) is 15.2 Å². The Kier molecular flexibility index (Phi) is 4.43.